The lowest BCUT2D eigenvalue weighted by Gasteiger charge is -2.47. The van der Waals surface area contributed by atoms with Gasteiger partial charge in [0.05, 0.1) is 0 Å². The Morgan fingerprint density at radius 2 is 1.47 bits per heavy atom. The summed E-state index contributed by atoms with van der Waals surface area (Å²) < 4.78 is 0. The number of hydrogen-bond acceptors (Lipinski definition) is 2. The minimum absolute atomic E-state index is 0.167. The summed E-state index contributed by atoms with van der Waals surface area (Å²) >= 11 is 0. The maximum Gasteiger partial charge on any atom is 0.0455 e. The van der Waals surface area contributed by atoms with Gasteiger partial charge in [-0.25, -0.2) is 0 Å². The number of rotatable bonds is 7. The molecule has 1 atom stereocenters. The van der Waals surface area contributed by atoms with Crippen molar-refractivity contribution in [1.29, 1.82) is 0 Å². The molecule has 1 aliphatic carbocycles. The summed E-state index contributed by atoms with van der Waals surface area (Å²) in [5.41, 5.74) is 4.31. The summed E-state index contributed by atoms with van der Waals surface area (Å²) in [5, 5.41) is 0. The minimum atomic E-state index is 0.167. The van der Waals surface area contributed by atoms with Crippen LogP contribution in [-0.2, 0) is 18.4 Å². The Labute approximate surface area is 182 Å². The predicted molar refractivity (Wildman–Crippen MR) is 125 cm³/mol. The van der Waals surface area contributed by atoms with Gasteiger partial charge in [-0.3, -0.25) is 9.88 Å². The highest BCUT2D eigenvalue weighted by molar-refractivity contribution is 5.25. The van der Waals surface area contributed by atoms with Crippen LogP contribution >= 0.6 is 0 Å². The largest absolute Gasteiger partial charge is 0.300 e. The number of pyridine rings is 1. The second kappa shape index (κ2) is 9.57. The van der Waals surface area contributed by atoms with Crippen molar-refractivity contribution in [2.75, 3.05) is 14.1 Å². The molecule has 0 aliphatic heterocycles. The third-order valence-corrected chi connectivity index (χ3v) is 7.23. The second-order valence-corrected chi connectivity index (χ2v) is 9.10. The Kier molecular flexibility index (Phi) is 6.64. The summed E-state index contributed by atoms with van der Waals surface area (Å²) in [6.45, 7) is 0. The predicted octanol–water partition coefficient (Wildman–Crippen LogP) is 6.13. The van der Waals surface area contributed by atoms with Gasteiger partial charge < -0.3 is 0 Å². The molecule has 2 aromatic carbocycles. The molecule has 30 heavy (non-hydrogen) atoms. The first-order chi connectivity index (χ1) is 14.7. The van der Waals surface area contributed by atoms with Gasteiger partial charge in [0.25, 0.3) is 0 Å². The van der Waals surface area contributed by atoms with Crippen LogP contribution in [0.15, 0.2) is 85.1 Å². The first-order valence-corrected chi connectivity index (χ1v) is 11.3. The second-order valence-electron chi connectivity index (χ2n) is 9.10. The highest BCUT2D eigenvalue weighted by atomic mass is 15.1. The summed E-state index contributed by atoms with van der Waals surface area (Å²) in [6, 6.07) is 28.5. The van der Waals surface area contributed by atoms with Crippen LogP contribution < -0.4 is 0 Å². The molecule has 0 spiro atoms. The number of aromatic nitrogens is 1. The molecule has 2 nitrogen and oxygen atoms in total. The van der Waals surface area contributed by atoms with Gasteiger partial charge in [-0.05, 0) is 87.7 Å². The lowest BCUT2D eigenvalue weighted by Crippen LogP contribution is -2.45. The molecule has 0 amide bonds. The molecule has 3 aromatic rings. The van der Waals surface area contributed by atoms with Gasteiger partial charge in [-0.1, -0.05) is 66.7 Å². The fourth-order valence-electron chi connectivity index (χ4n) is 5.44. The lowest BCUT2D eigenvalue weighted by molar-refractivity contribution is 0.0610. The van der Waals surface area contributed by atoms with Crippen LogP contribution in [0.2, 0.25) is 0 Å². The Balaban J connectivity index is 1.53. The molecule has 4 rings (SSSR count). The SMILES string of the molecule is CN(C)C1(c2ccccc2)CCC(C(Cc2ccccc2)Cc2ccccn2)CC1. The normalized spacial score (nSPS) is 22.7. The molecular weight excluding hydrogens is 364 g/mol. The molecule has 0 N–H and O–H groups in total. The van der Waals surface area contributed by atoms with E-state index >= 15 is 0 Å². The quantitative estimate of drug-likeness (QED) is 0.476. The van der Waals surface area contributed by atoms with E-state index in [2.05, 4.69) is 96.8 Å². The van der Waals surface area contributed by atoms with E-state index < -0.39 is 0 Å². The van der Waals surface area contributed by atoms with E-state index in [0.717, 1.165) is 18.8 Å². The van der Waals surface area contributed by atoms with Crippen LogP contribution in [0.25, 0.3) is 0 Å². The fourth-order valence-corrected chi connectivity index (χ4v) is 5.44. The molecule has 1 unspecified atom stereocenters. The zero-order chi connectivity index (χ0) is 20.8. The Hall–Kier alpha value is -2.45. The third kappa shape index (κ3) is 4.65. The van der Waals surface area contributed by atoms with Crippen LogP contribution in [0.5, 0.6) is 0 Å². The zero-order valence-electron chi connectivity index (χ0n) is 18.4. The topological polar surface area (TPSA) is 16.1 Å². The van der Waals surface area contributed by atoms with Gasteiger partial charge in [0.15, 0.2) is 0 Å². The van der Waals surface area contributed by atoms with Crippen molar-refractivity contribution in [1.82, 2.24) is 9.88 Å². The maximum atomic E-state index is 4.65. The van der Waals surface area contributed by atoms with Gasteiger partial charge in [-0.2, -0.15) is 0 Å². The van der Waals surface area contributed by atoms with Crippen molar-refractivity contribution in [2.24, 2.45) is 11.8 Å². The molecule has 0 saturated heterocycles. The summed E-state index contributed by atoms with van der Waals surface area (Å²) in [5.74, 6) is 1.38. The molecule has 2 heteroatoms. The molecular formula is C28H34N2. The van der Waals surface area contributed by atoms with E-state index in [1.165, 1.54) is 42.5 Å². The molecule has 0 bridgehead atoms. The molecule has 156 valence electrons. The standard InChI is InChI=1S/C28H34N2/c1-30(2)28(26-13-7-4-8-14-26)18-16-24(17-19-28)25(21-23-11-5-3-6-12-23)22-27-15-9-10-20-29-27/h3-15,20,24-25H,16-19,21-22H2,1-2H3. The van der Waals surface area contributed by atoms with Crippen molar-refractivity contribution in [2.45, 2.75) is 44.1 Å². The monoisotopic (exact) mass is 398 g/mol. The van der Waals surface area contributed by atoms with Crippen molar-refractivity contribution >= 4 is 0 Å². The van der Waals surface area contributed by atoms with Crippen LogP contribution in [0.1, 0.15) is 42.5 Å². The van der Waals surface area contributed by atoms with E-state index in [-0.39, 0.29) is 5.54 Å². The first kappa shape index (κ1) is 20.8. The number of nitrogens with zero attached hydrogens (tertiary/aromatic N) is 2. The van der Waals surface area contributed by atoms with E-state index in [4.69, 9.17) is 0 Å². The Bertz CT molecular complexity index is 840. The molecule has 1 fully saturated rings. The van der Waals surface area contributed by atoms with Gasteiger partial charge in [0.2, 0.25) is 0 Å². The van der Waals surface area contributed by atoms with Crippen molar-refractivity contribution in [3.8, 4) is 0 Å². The van der Waals surface area contributed by atoms with Crippen molar-refractivity contribution in [3.05, 3.63) is 102 Å². The zero-order valence-corrected chi connectivity index (χ0v) is 18.4. The van der Waals surface area contributed by atoms with Gasteiger partial charge in [0.1, 0.15) is 0 Å². The van der Waals surface area contributed by atoms with Gasteiger partial charge >= 0.3 is 0 Å². The van der Waals surface area contributed by atoms with E-state index in [1.807, 2.05) is 12.3 Å². The first-order valence-electron chi connectivity index (χ1n) is 11.3. The Morgan fingerprint density at radius 1 is 0.833 bits per heavy atom. The summed E-state index contributed by atoms with van der Waals surface area (Å²) in [6.07, 6.45) is 9.14. The lowest BCUT2D eigenvalue weighted by atomic mass is 9.67. The molecule has 1 saturated carbocycles. The number of hydrogen-bond donors (Lipinski definition) is 0. The average molecular weight is 399 g/mol. The molecule has 0 radical (unpaired) electrons. The summed E-state index contributed by atoms with van der Waals surface area (Å²) in [7, 11) is 4.51. The maximum absolute atomic E-state index is 4.65. The van der Waals surface area contributed by atoms with Crippen LogP contribution in [0.3, 0.4) is 0 Å². The molecule has 1 aromatic heterocycles. The van der Waals surface area contributed by atoms with E-state index in [1.54, 1.807) is 0 Å². The Morgan fingerprint density at radius 3 is 2.07 bits per heavy atom. The number of benzene rings is 2. The van der Waals surface area contributed by atoms with E-state index in [0.29, 0.717) is 5.92 Å². The van der Waals surface area contributed by atoms with Gasteiger partial charge in [-0.15, -0.1) is 0 Å². The van der Waals surface area contributed by atoms with Crippen LogP contribution in [0.4, 0.5) is 0 Å². The third-order valence-electron chi connectivity index (χ3n) is 7.23. The highest BCUT2D eigenvalue weighted by Gasteiger charge is 2.40. The van der Waals surface area contributed by atoms with E-state index in [9.17, 15) is 0 Å². The minimum Gasteiger partial charge on any atom is -0.300 e. The van der Waals surface area contributed by atoms with Crippen molar-refractivity contribution < 1.29 is 0 Å². The summed E-state index contributed by atoms with van der Waals surface area (Å²) in [4.78, 5) is 7.11. The van der Waals surface area contributed by atoms with Crippen LogP contribution in [0, 0.1) is 11.8 Å². The average Bonchev–Trinajstić information content (AvgIpc) is 2.80. The highest BCUT2D eigenvalue weighted by Crippen LogP contribution is 2.45. The van der Waals surface area contributed by atoms with Crippen molar-refractivity contribution in [3.63, 3.8) is 0 Å². The smallest absolute Gasteiger partial charge is 0.0455 e. The van der Waals surface area contributed by atoms with Crippen LogP contribution in [-0.4, -0.2) is 24.0 Å². The fraction of sp³-hybridized carbons (Fsp3) is 0.393. The molecule has 1 heterocycles. The van der Waals surface area contributed by atoms with Gasteiger partial charge in [0, 0.05) is 17.4 Å². The molecule has 1 aliphatic rings.